The number of aromatic amines is 1. The third-order valence-electron chi connectivity index (χ3n) is 5.38. The van der Waals surface area contributed by atoms with Crippen molar-refractivity contribution in [1.29, 1.82) is 0 Å². The molecular weight excluding hydrogens is 332 g/mol. The number of nitrogens with one attached hydrogen (secondary N) is 1. The lowest BCUT2D eigenvalue weighted by Gasteiger charge is -2.29. The van der Waals surface area contributed by atoms with Gasteiger partial charge in [-0.2, -0.15) is 5.10 Å². The van der Waals surface area contributed by atoms with Gasteiger partial charge in [-0.25, -0.2) is 4.98 Å². The van der Waals surface area contributed by atoms with Crippen molar-refractivity contribution in [3.05, 3.63) is 36.2 Å². The monoisotopic (exact) mass is 356 g/mol. The highest BCUT2D eigenvalue weighted by atomic mass is 16.2. The van der Waals surface area contributed by atoms with Gasteiger partial charge in [0.15, 0.2) is 0 Å². The van der Waals surface area contributed by atoms with Crippen molar-refractivity contribution in [1.82, 2.24) is 29.5 Å². The number of carbonyl (C=O) groups excluding carboxylic acids is 2. The van der Waals surface area contributed by atoms with E-state index >= 15 is 0 Å². The minimum atomic E-state index is 0.0337. The first-order valence-corrected chi connectivity index (χ1v) is 9.24. The predicted molar refractivity (Wildman–Crippen MR) is 94.1 cm³/mol. The van der Waals surface area contributed by atoms with Crippen LogP contribution in [-0.4, -0.2) is 67.5 Å². The van der Waals surface area contributed by atoms with Gasteiger partial charge in [-0.1, -0.05) is 0 Å². The van der Waals surface area contributed by atoms with Crippen LogP contribution in [0.3, 0.4) is 0 Å². The molecule has 2 aromatic heterocycles. The Morgan fingerprint density at radius 2 is 2.00 bits per heavy atom. The minimum Gasteiger partial charge on any atom is -0.341 e. The molecule has 2 aromatic rings. The zero-order chi connectivity index (χ0) is 17.9. The van der Waals surface area contributed by atoms with E-state index in [1.165, 1.54) is 0 Å². The summed E-state index contributed by atoms with van der Waals surface area (Å²) in [6.45, 7) is 3.50. The Hall–Kier alpha value is -2.64. The van der Waals surface area contributed by atoms with Crippen molar-refractivity contribution in [2.75, 3.05) is 26.2 Å². The summed E-state index contributed by atoms with van der Waals surface area (Å²) in [7, 11) is 0. The van der Waals surface area contributed by atoms with Gasteiger partial charge in [0, 0.05) is 68.8 Å². The van der Waals surface area contributed by atoms with Gasteiger partial charge < -0.3 is 14.4 Å². The number of aromatic nitrogens is 4. The Morgan fingerprint density at radius 1 is 1.15 bits per heavy atom. The summed E-state index contributed by atoms with van der Waals surface area (Å²) in [6.07, 6.45) is 8.13. The molecule has 138 valence electrons. The molecule has 1 N–H and O–H groups in total. The Labute approximate surface area is 152 Å². The first-order valence-electron chi connectivity index (χ1n) is 9.24. The van der Waals surface area contributed by atoms with Gasteiger partial charge in [-0.3, -0.25) is 14.7 Å². The predicted octanol–water partition coefficient (Wildman–Crippen LogP) is 0.472. The highest BCUT2D eigenvalue weighted by Gasteiger charge is 2.30. The number of H-pyrrole nitrogens is 1. The van der Waals surface area contributed by atoms with Gasteiger partial charge in [0.25, 0.3) is 0 Å². The third kappa shape index (κ3) is 3.49. The maximum absolute atomic E-state index is 12.9. The smallest absolute Gasteiger partial charge is 0.228 e. The molecule has 1 fully saturated rings. The summed E-state index contributed by atoms with van der Waals surface area (Å²) in [5.41, 5.74) is 1.96. The van der Waals surface area contributed by atoms with Crippen molar-refractivity contribution in [2.24, 2.45) is 5.92 Å². The largest absolute Gasteiger partial charge is 0.341 e. The Morgan fingerprint density at radius 3 is 2.85 bits per heavy atom. The number of fused-ring (bicyclic) bond motifs is 1. The lowest BCUT2D eigenvalue weighted by Crippen LogP contribution is -2.42. The highest BCUT2D eigenvalue weighted by Crippen LogP contribution is 2.22. The number of carbonyl (C=O) groups is 2. The van der Waals surface area contributed by atoms with Gasteiger partial charge in [-0.05, 0) is 18.9 Å². The van der Waals surface area contributed by atoms with Gasteiger partial charge in [-0.15, -0.1) is 0 Å². The second kappa shape index (κ2) is 7.31. The number of amides is 2. The van der Waals surface area contributed by atoms with Crippen LogP contribution in [0.2, 0.25) is 0 Å². The standard InChI is InChI=1S/C18H24N6O2/c25-17(11-15-2-4-20-21-15)22-5-1-6-23(9-8-22)18(26)14-3-7-24-13-19-12-16(24)10-14/h2,4,12-14H,1,3,5-11H2,(H,20,21). The van der Waals surface area contributed by atoms with E-state index in [1.54, 1.807) is 6.20 Å². The van der Waals surface area contributed by atoms with E-state index in [1.807, 2.05) is 28.4 Å². The molecule has 1 saturated heterocycles. The van der Waals surface area contributed by atoms with E-state index in [0.29, 0.717) is 26.1 Å². The zero-order valence-corrected chi connectivity index (χ0v) is 14.8. The van der Waals surface area contributed by atoms with Crippen LogP contribution >= 0.6 is 0 Å². The molecule has 0 aliphatic carbocycles. The molecule has 0 aromatic carbocycles. The fraction of sp³-hybridized carbons (Fsp3) is 0.556. The molecule has 8 nitrogen and oxygen atoms in total. The normalized spacial score (nSPS) is 20.5. The highest BCUT2D eigenvalue weighted by molar-refractivity contribution is 5.80. The van der Waals surface area contributed by atoms with E-state index in [4.69, 9.17) is 0 Å². The molecule has 4 heterocycles. The van der Waals surface area contributed by atoms with Crippen LogP contribution in [0.5, 0.6) is 0 Å². The third-order valence-corrected chi connectivity index (χ3v) is 5.38. The fourth-order valence-electron chi connectivity index (χ4n) is 3.88. The number of hydrogen-bond donors (Lipinski definition) is 1. The van der Waals surface area contributed by atoms with Crippen LogP contribution in [-0.2, 0) is 29.0 Å². The maximum Gasteiger partial charge on any atom is 0.228 e. The van der Waals surface area contributed by atoms with Crippen LogP contribution in [0.4, 0.5) is 0 Å². The molecular formula is C18H24N6O2. The molecule has 2 aliphatic rings. The van der Waals surface area contributed by atoms with Crippen molar-refractivity contribution in [2.45, 2.75) is 32.2 Å². The second-order valence-electron chi connectivity index (χ2n) is 7.09. The second-order valence-corrected chi connectivity index (χ2v) is 7.09. The van der Waals surface area contributed by atoms with Crippen LogP contribution in [0.15, 0.2) is 24.8 Å². The average Bonchev–Trinajstić information content (AvgIpc) is 3.27. The number of aryl methyl sites for hydroxylation is 1. The molecule has 0 bridgehead atoms. The summed E-state index contributed by atoms with van der Waals surface area (Å²) in [4.78, 5) is 33.4. The lowest BCUT2D eigenvalue weighted by molar-refractivity contribution is -0.137. The van der Waals surface area contributed by atoms with E-state index in [2.05, 4.69) is 19.7 Å². The summed E-state index contributed by atoms with van der Waals surface area (Å²) >= 11 is 0. The van der Waals surface area contributed by atoms with Crippen molar-refractivity contribution < 1.29 is 9.59 Å². The lowest BCUT2D eigenvalue weighted by atomic mass is 9.94. The van der Waals surface area contributed by atoms with E-state index in [-0.39, 0.29) is 17.7 Å². The van der Waals surface area contributed by atoms with E-state index in [0.717, 1.165) is 43.7 Å². The molecule has 1 atom stereocenters. The van der Waals surface area contributed by atoms with Gasteiger partial charge >= 0.3 is 0 Å². The van der Waals surface area contributed by atoms with Crippen molar-refractivity contribution in [3.8, 4) is 0 Å². The van der Waals surface area contributed by atoms with Gasteiger partial charge in [0.05, 0.1) is 12.7 Å². The SMILES string of the molecule is O=C(Cc1ccn[nH]1)N1CCCN(C(=O)C2CCn3cncc3C2)CC1. The molecule has 2 amide bonds. The maximum atomic E-state index is 12.9. The van der Waals surface area contributed by atoms with Crippen LogP contribution in [0, 0.1) is 5.92 Å². The molecule has 8 heteroatoms. The van der Waals surface area contributed by atoms with Crippen molar-refractivity contribution in [3.63, 3.8) is 0 Å². The summed E-state index contributed by atoms with van der Waals surface area (Å²) in [6, 6.07) is 1.82. The van der Waals surface area contributed by atoms with Crippen molar-refractivity contribution >= 4 is 11.8 Å². The van der Waals surface area contributed by atoms with Crippen LogP contribution in [0.1, 0.15) is 24.2 Å². The first-order chi connectivity index (χ1) is 12.7. The summed E-state index contributed by atoms with van der Waals surface area (Å²) < 4.78 is 2.13. The van der Waals surface area contributed by atoms with Gasteiger partial charge in [0.1, 0.15) is 0 Å². The van der Waals surface area contributed by atoms with E-state index in [9.17, 15) is 9.59 Å². The van der Waals surface area contributed by atoms with Crippen LogP contribution in [0.25, 0.3) is 0 Å². The fourth-order valence-corrected chi connectivity index (χ4v) is 3.88. The summed E-state index contributed by atoms with van der Waals surface area (Å²) in [5.74, 6) is 0.344. The Balaban J connectivity index is 1.33. The summed E-state index contributed by atoms with van der Waals surface area (Å²) in [5, 5.41) is 6.71. The van der Waals surface area contributed by atoms with E-state index < -0.39 is 0 Å². The first kappa shape index (κ1) is 16.8. The quantitative estimate of drug-likeness (QED) is 0.866. The Bertz CT molecular complexity index is 769. The molecule has 0 spiro atoms. The Kier molecular flexibility index (Phi) is 4.73. The topological polar surface area (TPSA) is 87.1 Å². The number of imidazole rings is 1. The zero-order valence-electron chi connectivity index (χ0n) is 14.8. The number of nitrogens with zero attached hydrogens (tertiary/aromatic N) is 5. The molecule has 2 aliphatic heterocycles. The molecule has 26 heavy (non-hydrogen) atoms. The number of rotatable bonds is 3. The number of hydrogen-bond acceptors (Lipinski definition) is 4. The van der Waals surface area contributed by atoms with Gasteiger partial charge in [0.2, 0.25) is 11.8 Å². The minimum absolute atomic E-state index is 0.0337. The molecule has 0 radical (unpaired) electrons. The molecule has 0 saturated carbocycles. The average molecular weight is 356 g/mol. The molecule has 1 unspecified atom stereocenters. The van der Waals surface area contributed by atoms with Crippen LogP contribution < -0.4 is 0 Å². The molecule has 4 rings (SSSR count).